The van der Waals surface area contributed by atoms with E-state index >= 15 is 0 Å². The predicted octanol–water partition coefficient (Wildman–Crippen LogP) is 6.13. The van der Waals surface area contributed by atoms with E-state index in [1.54, 1.807) is 50.5 Å². The van der Waals surface area contributed by atoms with Crippen molar-refractivity contribution >= 4 is 53.2 Å². The van der Waals surface area contributed by atoms with Crippen LogP contribution in [-0.2, 0) is 9.59 Å². The molecule has 0 bridgehead atoms. The number of nitriles is 1. The van der Waals surface area contributed by atoms with Crippen molar-refractivity contribution in [2.24, 2.45) is 5.92 Å². The Kier molecular flexibility index (Phi) is 17.6. The summed E-state index contributed by atoms with van der Waals surface area (Å²) in [5.41, 5.74) is 3.52. The zero-order chi connectivity index (χ0) is 36.2. The van der Waals surface area contributed by atoms with Gasteiger partial charge in [0, 0.05) is 54.9 Å². The first-order valence-corrected chi connectivity index (χ1v) is 16.4. The number of aromatic nitrogens is 3. The molecule has 3 N–H and O–H groups in total. The maximum Gasteiger partial charge on any atom is 0.172 e. The number of carbonyl (C=O) groups excluding carboxylic acids is 3. The summed E-state index contributed by atoms with van der Waals surface area (Å²) in [5.74, 6) is 3.51. The van der Waals surface area contributed by atoms with Gasteiger partial charge in [-0.25, -0.2) is 4.79 Å². The number of thioether (sulfide) groups is 1. The number of nitrogens with one attached hydrogen (secondary N) is 3. The minimum Gasteiger partial charge on any atom is -0.494 e. The number of nitrogens with zero attached hydrogens (tertiary/aromatic N) is 5. The summed E-state index contributed by atoms with van der Waals surface area (Å²) >= 11 is 1.38. The molecule has 258 valence electrons. The van der Waals surface area contributed by atoms with Crippen LogP contribution in [0.4, 0.5) is 17.2 Å². The minimum absolute atomic E-state index is 0.157. The van der Waals surface area contributed by atoms with Crippen molar-refractivity contribution in [2.75, 3.05) is 52.5 Å². The van der Waals surface area contributed by atoms with Gasteiger partial charge in [0.15, 0.2) is 18.0 Å². The molecule has 0 aliphatic heterocycles. The zero-order valence-electron chi connectivity index (χ0n) is 29.0. The summed E-state index contributed by atoms with van der Waals surface area (Å²) < 4.78 is 5.75. The van der Waals surface area contributed by atoms with Crippen molar-refractivity contribution in [2.45, 2.75) is 33.1 Å². The first kappa shape index (κ1) is 39.9. The Labute approximate surface area is 292 Å². The van der Waals surface area contributed by atoms with Gasteiger partial charge in [-0.1, -0.05) is 49.0 Å². The van der Waals surface area contributed by atoms with E-state index in [4.69, 9.17) is 4.74 Å². The molecule has 1 aliphatic rings. The second-order valence-corrected chi connectivity index (χ2v) is 11.7. The fraction of sp³-hybridized carbons (Fsp3) is 0.333. The fourth-order valence-corrected chi connectivity index (χ4v) is 5.11. The van der Waals surface area contributed by atoms with Crippen molar-refractivity contribution in [1.82, 2.24) is 25.4 Å². The van der Waals surface area contributed by atoms with Crippen LogP contribution in [0.2, 0.25) is 0 Å². The van der Waals surface area contributed by atoms with Gasteiger partial charge in [-0.15, -0.1) is 10.2 Å². The highest BCUT2D eigenvalue weighted by molar-refractivity contribution is 8.07. The van der Waals surface area contributed by atoms with Crippen LogP contribution in [0.25, 0.3) is 16.8 Å². The zero-order valence-corrected chi connectivity index (χ0v) is 29.9. The second kappa shape index (κ2) is 21.6. The minimum atomic E-state index is 0.157. The largest absolute Gasteiger partial charge is 0.494 e. The third-order valence-electron chi connectivity index (χ3n) is 6.73. The predicted molar refractivity (Wildman–Crippen MR) is 197 cm³/mol. The monoisotopic (exact) mass is 684 g/mol. The summed E-state index contributed by atoms with van der Waals surface area (Å²) in [5, 5.41) is 26.1. The van der Waals surface area contributed by atoms with Gasteiger partial charge in [0.05, 0.1) is 29.1 Å². The summed E-state index contributed by atoms with van der Waals surface area (Å²) in [4.78, 5) is 41.0. The first-order chi connectivity index (χ1) is 23.8. The van der Waals surface area contributed by atoms with Gasteiger partial charge in [-0.3, -0.25) is 9.78 Å². The number of para-hydroxylation sites is 1. The molecule has 0 saturated heterocycles. The lowest BCUT2D eigenvalue weighted by Crippen LogP contribution is -2.20. The first-order valence-electron chi connectivity index (χ1n) is 15.6. The van der Waals surface area contributed by atoms with Crippen LogP contribution in [0, 0.1) is 17.2 Å². The lowest BCUT2D eigenvalue weighted by Gasteiger charge is -2.21. The van der Waals surface area contributed by atoms with E-state index in [2.05, 4.69) is 37.2 Å². The Bertz CT molecular complexity index is 1690. The molecule has 1 fully saturated rings. The number of aldehydes is 2. The van der Waals surface area contributed by atoms with Crippen molar-refractivity contribution in [1.29, 1.82) is 5.26 Å². The molecule has 2 aromatic heterocycles. The highest BCUT2D eigenvalue weighted by Crippen LogP contribution is 2.38. The van der Waals surface area contributed by atoms with Crippen molar-refractivity contribution in [3.05, 3.63) is 75.9 Å². The number of rotatable bonds is 14. The summed E-state index contributed by atoms with van der Waals surface area (Å²) in [6.45, 7) is 4.27. The standard InChI is InChI=1S/C30H31N7O3S.C4H6O.C2H7N/c1-6-9-22(41-21(7-2)15-31)17-37(4)28(19-39)24-13-12-20(16-33-24)23-10-8-11-25(30(23)40-5)34-26-14-29(32-3)36-35-27(26)18-38;5-3-4-1-2-4;1-3-2/h7-14,16,18H,6,17H2,1-5H3,(H2,32,34,36);3-4H,1-2H2;3H,1-2H3/b21-7-,22-9+;;. The second-order valence-electron chi connectivity index (χ2n) is 10.6. The smallest absolute Gasteiger partial charge is 0.172 e. The third-order valence-corrected chi connectivity index (χ3v) is 7.83. The molecular formula is C36H44N8O4S. The number of hydrogen-bond donors (Lipinski definition) is 3. The highest BCUT2D eigenvalue weighted by atomic mass is 32.2. The Morgan fingerprint density at radius 3 is 2.37 bits per heavy atom. The van der Waals surface area contributed by atoms with Crippen molar-refractivity contribution in [3.63, 3.8) is 0 Å². The Morgan fingerprint density at radius 2 is 1.88 bits per heavy atom. The number of hydrogen-bond acceptors (Lipinski definition) is 13. The number of allylic oxidation sites excluding steroid dienone is 3. The van der Waals surface area contributed by atoms with E-state index < -0.39 is 0 Å². The van der Waals surface area contributed by atoms with Gasteiger partial charge in [-0.2, -0.15) is 5.26 Å². The van der Waals surface area contributed by atoms with Crippen LogP contribution >= 0.6 is 11.8 Å². The Hall–Kier alpha value is -5.28. The highest BCUT2D eigenvalue weighted by Gasteiger charge is 2.19. The fourth-order valence-electron chi connectivity index (χ4n) is 4.16. The Balaban J connectivity index is 0.000000922. The van der Waals surface area contributed by atoms with E-state index in [0.29, 0.717) is 58.0 Å². The molecule has 1 aliphatic carbocycles. The molecule has 1 aromatic carbocycles. The SMILES string of the molecule is C/C=C(/C#N)S/C(=C/CC)CN(C)C(=C=O)c1ccc(-c2cccc(Nc3cc(NC)nnc3C=O)c2OC)cn1.CNC.O=CC1CC1. The molecular weight excluding hydrogens is 641 g/mol. The lowest BCUT2D eigenvalue weighted by molar-refractivity contribution is -0.108. The molecule has 49 heavy (non-hydrogen) atoms. The van der Waals surface area contributed by atoms with Gasteiger partial charge >= 0.3 is 0 Å². The summed E-state index contributed by atoms with van der Waals surface area (Å²) in [6.07, 6.45) is 10.2. The molecule has 0 radical (unpaired) electrons. The van der Waals surface area contributed by atoms with E-state index in [-0.39, 0.29) is 5.69 Å². The maximum absolute atomic E-state index is 12.0. The maximum atomic E-state index is 12.0. The van der Waals surface area contributed by atoms with E-state index in [1.165, 1.54) is 11.8 Å². The van der Waals surface area contributed by atoms with Crippen LogP contribution < -0.4 is 20.7 Å². The van der Waals surface area contributed by atoms with E-state index in [0.717, 1.165) is 41.6 Å². The number of carbonyl (C=O) groups is 2. The molecule has 0 amide bonds. The number of likely N-dealkylation sites (N-methyl/N-ethyl adjacent to an activating group) is 1. The van der Waals surface area contributed by atoms with Crippen LogP contribution in [0.15, 0.2) is 64.6 Å². The van der Waals surface area contributed by atoms with E-state index in [1.807, 2.05) is 64.2 Å². The van der Waals surface area contributed by atoms with E-state index in [9.17, 15) is 19.6 Å². The molecule has 3 aromatic rings. The van der Waals surface area contributed by atoms with Gasteiger partial charge < -0.3 is 30.4 Å². The van der Waals surface area contributed by atoms with Crippen LogP contribution in [0.5, 0.6) is 5.75 Å². The topological polar surface area (TPSA) is 162 Å². The van der Waals surface area contributed by atoms with Gasteiger partial charge in [0.2, 0.25) is 0 Å². The van der Waals surface area contributed by atoms with Crippen LogP contribution in [-0.4, -0.2) is 80.4 Å². The number of methoxy groups -OCH3 is 1. The average molecular weight is 685 g/mol. The van der Waals surface area contributed by atoms with Crippen molar-refractivity contribution < 1.29 is 19.1 Å². The van der Waals surface area contributed by atoms with Crippen LogP contribution in [0.3, 0.4) is 0 Å². The normalized spacial score (nSPS) is 12.0. The molecule has 12 nitrogen and oxygen atoms in total. The lowest BCUT2D eigenvalue weighted by atomic mass is 10.0. The number of anilines is 3. The van der Waals surface area contributed by atoms with Gasteiger partial charge in [0.25, 0.3) is 0 Å². The van der Waals surface area contributed by atoms with Crippen LogP contribution in [0.1, 0.15) is 49.3 Å². The molecule has 0 spiro atoms. The third kappa shape index (κ3) is 12.4. The molecule has 0 atom stereocenters. The summed E-state index contributed by atoms with van der Waals surface area (Å²) in [6, 6.07) is 13.0. The molecule has 4 rings (SSSR count). The number of ether oxygens (including phenoxy) is 1. The van der Waals surface area contributed by atoms with Gasteiger partial charge in [0.1, 0.15) is 29.5 Å². The number of benzene rings is 1. The summed E-state index contributed by atoms with van der Waals surface area (Å²) in [7, 11) is 8.81. The molecule has 0 unspecified atom stereocenters. The molecule has 13 heteroatoms. The average Bonchev–Trinajstić information content (AvgIpc) is 3.97. The molecule has 1 saturated carbocycles. The Morgan fingerprint density at radius 1 is 1.14 bits per heavy atom. The quantitative estimate of drug-likeness (QED) is 0.101. The van der Waals surface area contributed by atoms with Crippen molar-refractivity contribution in [3.8, 4) is 22.9 Å². The molecule has 2 heterocycles. The number of pyridine rings is 1. The van der Waals surface area contributed by atoms with Gasteiger partial charge in [-0.05, 0) is 52.4 Å².